The van der Waals surface area contributed by atoms with Crippen molar-refractivity contribution < 1.29 is 4.79 Å². The molecule has 0 atom stereocenters. The van der Waals surface area contributed by atoms with Gasteiger partial charge in [0.05, 0.1) is 5.69 Å². The first-order valence-corrected chi connectivity index (χ1v) is 11.9. The zero-order chi connectivity index (χ0) is 22.5. The summed E-state index contributed by atoms with van der Waals surface area (Å²) < 4.78 is 0. The van der Waals surface area contributed by atoms with Crippen molar-refractivity contribution in [2.45, 2.75) is 69.9 Å². The van der Waals surface area contributed by atoms with Crippen molar-refractivity contribution in [2.75, 3.05) is 30.9 Å². The number of primary amides is 1. The Morgan fingerprint density at radius 3 is 2.47 bits per heavy atom. The highest BCUT2D eigenvalue weighted by Crippen LogP contribution is 2.30. The summed E-state index contributed by atoms with van der Waals surface area (Å²) in [6.45, 7) is 0.669. The van der Waals surface area contributed by atoms with Crippen molar-refractivity contribution in [3.05, 3.63) is 47.2 Å². The highest BCUT2D eigenvalue weighted by atomic mass is 16.2. The summed E-state index contributed by atoms with van der Waals surface area (Å²) in [6, 6.07) is 10.5. The fourth-order valence-electron chi connectivity index (χ4n) is 5.09. The van der Waals surface area contributed by atoms with Crippen molar-refractivity contribution in [3.63, 3.8) is 0 Å². The Hall–Kier alpha value is -2.83. The van der Waals surface area contributed by atoms with E-state index in [9.17, 15) is 4.79 Å². The molecule has 1 saturated carbocycles. The smallest absolute Gasteiger partial charge is 0.315 e. The van der Waals surface area contributed by atoms with Crippen molar-refractivity contribution >= 4 is 17.8 Å². The summed E-state index contributed by atoms with van der Waals surface area (Å²) >= 11 is 0. The third-order valence-electron chi connectivity index (χ3n) is 6.82. The Morgan fingerprint density at radius 2 is 1.78 bits per heavy atom. The van der Waals surface area contributed by atoms with Gasteiger partial charge in [0.2, 0.25) is 5.95 Å². The van der Waals surface area contributed by atoms with E-state index in [1.54, 1.807) is 0 Å². The van der Waals surface area contributed by atoms with Crippen LogP contribution in [0.25, 0.3) is 0 Å². The number of carbonyl (C=O) groups is 1. The normalized spacial score (nSPS) is 20.3. The molecule has 0 unspecified atom stereocenters. The summed E-state index contributed by atoms with van der Waals surface area (Å²) in [5, 5.41) is 3.59. The molecule has 0 spiro atoms. The van der Waals surface area contributed by atoms with Gasteiger partial charge in [0, 0.05) is 38.3 Å². The number of nitrogens with zero attached hydrogens (tertiary/aromatic N) is 4. The maximum absolute atomic E-state index is 12.1. The SMILES string of the molecule is CN(C)c1nc(NC2CCC(N(CCc3ccccc3)C(N)=O)CC2)nc2c1CCCC2. The van der Waals surface area contributed by atoms with Crippen LogP contribution in [0.15, 0.2) is 30.3 Å². The molecular formula is C25H36N6O. The van der Waals surface area contributed by atoms with Gasteiger partial charge >= 0.3 is 6.03 Å². The second-order valence-electron chi connectivity index (χ2n) is 9.31. The largest absolute Gasteiger partial charge is 0.362 e. The minimum Gasteiger partial charge on any atom is -0.362 e. The highest BCUT2D eigenvalue weighted by Gasteiger charge is 2.28. The fourth-order valence-corrected chi connectivity index (χ4v) is 5.09. The molecule has 32 heavy (non-hydrogen) atoms. The van der Waals surface area contributed by atoms with Gasteiger partial charge in [-0.05, 0) is 63.4 Å². The number of aryl methyl sites for hydroxylation is 1. The molecule has 1 fully saturated rings. The van der Waals surface area contributed by atoms with Gasteiger partial charge in [0.15, 0.2) is 0 Å². The van der Waals surface area contributed by atoms with Crippen molar-refractivity contribution in [3.8, 4) is 0 Å². The Morgan fingerprint density at radius 1 is 1.06 bits per heavy atom. The van der Waals surface area contributed by atoms with Crippen LogP contribution in [-0.2, 0) is 19.3 Å². The van der Waals surface area contributed by atoms with E-state index in [2.05, 4.69) is 36.4 Å². The molecule has 2 aromatic rings. The molecule has 2 aliphatic carbocycles. The lowest BCUT2D eigenvalue weighted by atomic mass is 9.90. The van der Waals surface area contributed by atoms with E-state index in [1.165, 1.54) is 29.7 Å². The van der Waals surface area contributed by atoms with Crippen LogP contribution in [0.1, 0.15) is 55.3 Å². The molecule has 3 N–H and O–H groups in total. The third kappa shape index (κ3) is 5.31. The van der Waals surface area contributed by atoms with Crippen LogP contribution in [0.2, 0.25) is 0 Å². The van der Waals surface area contributed by atoms with Crippen LogP contribution in [0.5, 0.6) is 0 Å². The molecule has 7 heteroatoms. The van der Waals surface area contributed by atoms with E-state index >= 15 is 0 Å². The monoisotopic (exact) mass is 436 g/mol. The molecule has 2 aliphatic rings. The second kappa shape index (κ2) is 10.2. The molecule has 7 nitrogen and oxygen atoms in total. The highest BCUT2D eigenvalue weighted by molar-refractivity contribution is 5.72. The number of nitrogens with one attached hydrogen (secondary N) is 1. The number of anilines is 2. The van der Waals surface area contributed by atoms with Crippen molar-refractivity contribution in [1.82, 2.24) is 14.9 Å². The molecule has 0 radical (unpaired) electrons. The number of fused-ring (bicyclic) bond motifs is 1. The zero-order valence-corrected chi connectivity index (χ0v) is 19.4. The van der Waals surface area contributed by atoms with Crippen molar-refractivity contribution in [2.24, 2.45) is 5.73 Å². The average Bonchev–Trinajstić information content (AvgIpc) is 2.80. The quantitative estimate of drug-likeness (QED) is 0.690. The summed E-state index contributed by atoms with van der Waals surface area (Å²) in [5.41, 5.74) is 9.49. The van der Waals surface area contributed by atoms with E-state index in [4.69, 9.17) is 15.7 Å². The molecule has 1 heterocycles. The van der Waals surface area contributed by atoms with Crippen LogP contribution in [0.4, 0.5) is 16.6 Å². The molecule has 4 rings (SSSR count). The van der Waals surface area contributed by atoms with Gasteiger partial charge in [-0.15, -0.1) is 0 Å². The number of benzene rings is 1. The first kappa shape index (κ1) is 22.4. The lowest BCUT2D eigenvalue weighted by molar-refractivity contribution is 0.162. The lowest BCUT2D eigenvalue weighted by Gasteiger charge is -2.36. The van der Waals surface area contributed by atoms with Crippen molar-refractivity contribution in [1.29, 1.82) is 0 Å². The molecule has 0 aliphatic heterocycles. The Balaban J connectivity index is 1.36. The Bertz CT molecular complexity index is 908. The number of carbonyl (C=O) groups excluding carboxylic acids is 1. The number of rotatable bonds is 7. The van der Waals surface area contributed by atoms with E-state index in [0.717, 1.165) is 56.7 Å². The maximum Gasteiger partial charge on any atom is 0.315 e. The number of aromatic nitrogens is 2. The van der Waals surface area contributed by atoms with Gasteiger partial charge in [0.25, 0.3) is 0 Å². The van der Waals surface area contributed by atoms with E-state index in [0.29, 0.717) is 12.6 Å². The zero-order valence-electron chi connectivity index (χ0n) is 19.4. The maximum atomic E-state index is 12.1. The van der Waals surface area contributed by atoms with Crippen LogP contribution in [0.3, 0.4) is 0 Å². The number of urea groups is 1. The predicted molar refractivity (Wildman–Crippen MR) is 129 cm³/mol. The summed E-state index contributed by atoms with van der Waals surface area (Å²) in [7, 11) is 4.11. The van der Waals surface area contributed by atoms with Crippen LogP contribution in [-0.4, -0.2) is 53.6 Å². The Kier molecular flexibility index (Phi) is 7.12. The van der Waals surface area contributed by atoms with Gasteiger partial charge in [0.1, 0.15) is 5.82 Å². The standard InChI is InChI=1S/C25H36N6O/c1-30(2)23-21-10-6-7-11-22(21)28-25(29-23)27-19-12-14-20(15-13-19)31(24(26)32)17-16-18-8-4-3-5-9-18/h3-5,8-9,19-20H,6-7,10-17H2,1-2H3,(H2,26,32)(H,27,28,29). The minimum atomic E-state index is -0.314. The number of hydrogen-bond acceptors (Lipinski definition) is 5. The molecule has 2 amide bonds. The summed E-state index contributed by atoms with van der Waals surface area (Å²) in [4.78, 5) is 25.8. The van der Waals surface area contributed by atoms with Crippen LogP contribution < -0.4 is 16.0 Å². The van der Waals surface area contributed by atoms with E-state index in [-0.39, 0.29) is 12.1 Å². The summed E-state index contributed by atoms with van der Waals surface area (Å²) in [6.07, 6.45) is 9.21. The molecule has 172 valence electrons. The summed E-state index contributed by atoms with van der Waals surface area (Å²) in [5.74, 6) is 1.79. The first-order valence-electron chi connectivity index (χ1n) is 11.9. The number of hydrogen-bond donors (Lipinski definition) is 2. The minimum absolute atomic E-state index is 0.205. The van der Waals surface area contributed by atoms with Gasteiger partial charge < -0.3 is 20.9 Å². The molecule has 1 aromatic heterocycles. The average molecular weight is 437 g/mol. The van der Waals surface area contributed by atoms with Crippen LogP contribution in [0, 0.1) is 0 Å². The third-order valence-corrected chi connectivity index (χ3v) is 6.82. The fraction of sp³-hybridized carbons (Fsp3) is 0.560. The molecule has 0 saturated heterocycles. The first-order chi connectivity index (χ1) is 15.5. The Labute approximate surface area is 191 Å². The van der Waals surface area contributed by atoms with Gasteiger partial charge in [-0.1, -0.05) is 30.3 Å². The molecular weight excluding hydrogens is 400 g/mol. The van der Waals surface area contributed by atoms with Gasteiger partial charge in [-0.2, -0.15) is 4.98 Å². The predicted octanol–water partition coefficient (Wildman–Crippen LogP) is 3.77. The number of nitrogens with two attached hydrogens (primary N) is 1. The second-order valence-corrected chi connectivity index (χ2v) is 9.31. The molecule has 0 bridgehead atoms. The van der Waals surface area contributed by atoms with Gasteiger partial charge in [-0.3, -0.25) is 0 Å². The van der Waals surface area contributed by atoms with E-state index in [1.807, 2.05) is 23.1 Å². The van der Waals surface area contributed by atoms with E-state index < -0.39 is 0 Å². The molecule has 1 aromatic carbocycles. The topological polar surface area (TPSA) is 87.4 Å². The number of amides is 2. The van der Waals surface area contributed by atoms with Crippen LogP contribution >= 0.6 is 0 Å². The van der Waals surface area contributed by atoms with Gasteiger partial charge in [-0.25, -0.2) is 9.78 Å². The lowest BCUT2D eigenvalue weighted by Crippen LogP contribution is -2.47.